The van der Waals surface area contributed by atoms with Crippen molar-refractivity contribution in [1.29, 1.82) is 0 Å². The number of hydrogen-bond donors (Lipinski definition) is 1. The summed E-state index contributed by atoms with van der Waals surface area (Å²) in [6.45, 7) is 4.89. The maximum absolute atomic E-state index is 13.8. The molecule has 0 heterocycles. The largest absolute Gasteiger partial charge is 0.490 e. The van der Waals surface area contributed by atoms with Crippen molar-refractivity contribution in [2.75, 3.05) is 13.2 Å². The first-order valence-corrected chi connectivity index (χ1v) is 7.06. The topological polar surface area (TPSA) is 44.5 Å². The van der Waals surface area contributed by atoms with Crippen molar-refractivity contribution in [2.45, 2.75) is 19.9 Å². The predicted molar refractivity (Wildman–Crippen MR) is 81.2 cm³/mol. The van der Waals surface area contributed by atoms with Crippen molar-refractivity contribution in [2.24, 2.45) is 5.73 Å². The molecule has 0 aliphatic heterocycles. The molecule has 4 heteroatoms. The lowest BCUT2D eigenvalue weighted by molar-refractivity contribution is 0.287. The van der Waals surface area contributed by atoms with Crippen LogP contribution in [0.5, 0.6) is 11.5 Å². The van der Waals surface area contributed by atoms with E-state index in [-0.39, 0.29) is 5.82 Å². The average Bonchev–Trinajstić information content (AvgIpc) is 2.49. The van der Waals surface area contributed by atoms with E-state index in [1.807, 2.05) is 32.0 Å². The van der Waals surface area contributed by atoms with E-state index < -0.39 is 6.04 Å². The lowest BCUT2D eigenvalue weighted by Crippen LogP contribution is -2.14. The maximum atomic E-state index is 13.8. The van der Waals surface area contributed by atoms with Crippen LogP contribution in [-0.2, 0) is 0 Å². The second-order valence-corrected chi connectivity index (χ2v) is 4.57. The number of ether oxygens (including phenoxy) is 2. The van der Waals surface area contributed by atoms with E-state index in [0.29, 0.717) is 30.3 Å². The molecule has 0 amide bonds. The summed E-state index contributed by atoms with van der Waals surface area (Å²) in [6, 6.07) is 11.4. The molecule has 0 saturated heterocycles. The van der Waals surface area contributed by atoms with Gasteiger partial charge in [0.15, 0.2) is 11.5 Å². The van der Waals surface area contributed by atoms with E-state index in [1.165, 1.54) is 6.07 Å². The Bertz CT molecular complexity index is 601. The highest BCUT2D eigenvalue weighted by molar-refractivity contribution is 5.46. The lowest BCUT2D eigenvalue weighted by Gasteiger charge is -2.17. The minimum atomic E-state index is -0.541. The molecule has 1 atom stereocenters. The summed E-state index contributed by atoms with van der Waals surface area (Å²) < 4.78 is 24.9. The van der Waals surface area contributed by atoms with E-state index in [9.17, 15) is 4.39 Å². The molecule has 0 aromatic heterocycles. The number of nitrogens with two attached hydrogens (primary N) is 1. The van der Waals surface area contributed by atoms with Crippen molar-refractivity contribution >= 4 is 0 Å². The predicted octanol–water partition coefficient (Wildman–Crippen LogP) is 3.67. The number of halogens is 1. The van der Waals surface area contributed by atoms with E-state index in [1.54, 1.807) is 18.2 Å². The van der Waals surface area contributed by atoms with E-state index in [0.717, 1.165) is 5.56 Å². The van der Waals surface area contributed by atoms with Crippen LogP contribution >= 0.6 is 0 Å². The Morgan fingerprint density at radius 2 is 1.67 bits per heavy atom. The number of hydrogen-bond acceptors (Lipinski definition) is 3. The third-order valence-corrected chi connectivity index (χ3v) is 3.17. The molecular weight excluding hydrogens is 269 g/mol. The zero-order chi connectivity index (χ0) is 15.2. The minimum absolute atomic E-state index is 0.308. The molecule has 0 spiro atoms. The third kappa shape index (κ3) is 3.52. The van der Waals surface area contributed by atoms with E-state index >= 15 is 0 Å². The molecule has 2 rings (SSSR count). The van der Waals surface area contributed by atoms with Crippen molar-refractivity contribution in [3.05, 3.63) is 59.4 Å². The van der Waals surface area contributed by atoms with Gasteiger partial charge >= 0.3 is 0 Å². The van der Waals surface area contributed by atoms with Crippen molar-refractivity contribution < 1.29 is 13.9 Å². The summed E-state index contributed by atoms with van der Waals surface area (Å²) in [7, 11) is 0. The molecular formula is C17H20FNO2. The van der Waals surface area contributed by atoms with Gasteiger partial charge in [-0.25, -0.2) is 4.39 Å². The molecule has 112 valence electrons. The van der Waals surface area contributed by atoms with Gasteiger partial charge in [-0.15, -0.1) is 0 Å². The fourth-order valence-corrected chi connectivity index (χ4v) is 2.17. The summed E-state index contributed by atoms with van der Waals surface area (Å²) in [5.74, 6) is 0.990. The molecule has 0 fully saturated rings. The number of benzene rings is 2. The zero-order valence-electron chi connectivity index (χ0n) is 12.3. The molecule has 21 heavy (non-hydrogen) atoms. The Balaban J connectivity index is 2.35. The fourth-order valence-electron chi connectivity index (χ4n) is 2.17. The Labute approximate surface area is 124 Å². The van der Waals surface area contributed by atoms with Gasteiger partial charge in [0.25, 0.3) is 0 Å². The summed E-state index contributed by atoms with van der Waals surface area (Å²) >= 11 is 0. The Morgan fingerprint density at radius 1 is 1.00 bits per heavy atom. The molecule has 0 aliphatic carbocycles. The van der Waals surface area contributed by atoms with Crippen molar-refractivity contribution in [3.63, 3.8) is 0 Å². The van der Waals surface area contributed by atoms with Gasteiger partial charge in [-0.3, -0.25) is 0 Å². The standard InChI is InChI=1S/C17H20FNO2/c1-3-20-15-10-9-12(11-16(15)21-4-2)17(19)13-7-5-6-8-14(13)18/h5-11,17H,3-4,19H2,1-2H3. The molecule has 2 aromatic rings. The van der Waals surface area contributed by atoms with Crippen LogP contribution < -0.4 is 15.2 Å². The maximum Gasteiger partial charge on any atom is 0.161 e. The van der Waals surface area contributed by atoms with Crippen LogP contribution in [0, 0.1) is 5.82 Å². The van der Waals surface area contributed by atoms with Crippen LogP contribution in [-0.4, -0.2) is 13.2 Å². The Hall–Kier alpha value is -2.07. The van der Waals surface area contributed by atoms with Crippen LogP contribution in [0.3, 0.4) is 0 Å². The van der Waals surface area contributed by atoms with E-state index in [2.05, 4.69) is 0 Å². The second-order valence-electron chi connectivity index (χ2n) is 4.57. The quantitative estimate of drug-likeness (QED) is 0.882. The SMILES string of the molecule is CCOc1ccc(C(N)c2ccccc2F)cc1OCC. The van der Waals surface area contributed by atoms with Gasteiger partial charge in [0.05, 0.1) is 19.3 Å². The first kappa shape index (κ1) is 15.3. The van der Waals surface area contributed by atoms with Gasteiger partial charge in [0.1, 0.15) is 5.82 Å². The van der Waals surface area contributed by atoms with Crippen LogP contribution in [0.15, 0.2) is 42.5 Å². The molecule has 0 bridgehead atoms. The third-order valence-electron chi connectivity index (χ3n) is 3.17. The van der Waals surface area contributed by atoms with Gasteiger partial charge in [0, 0.05) is 5.56 Å². The molecule has 0 aliphatic rings. The van der Waals surface area contributed by atoms with Crippen molar-refractivity contribution in [3.8, 4) is 11.5 Å². The van der Waals surface area contributed by atoms with Crippen LogP contribution in [0.4, 0.5) is 4.39 Å². The summed E-state index contributed by atoms with van der Waals surface area (Å²) in [6.07, 6.45) is 0. The zero-order valence-corrected chi connectivity index (χ0v) is 12.3. The van der Waals surface area contributed by atoms with E-state index in [4.69, 9.17) is 15.2 Å². The van der Waals surface area contributed by atoms with Crippen LogP contribution in [0.25, 0.3) is 0 Å². The summed E-state index contributed by atoms with van der Waals surface area (Å²) in [5.41, 5.74) is 7.42. The first-order chi connectivity index (χ1) is 10.2. The van der Waals surface area contributed by atoms with Crippen LogP contribution in [0.2, 0.25) is 0 Å². The smallest absolute Gasteiger partial charge is 0.161 e. The monoisotopic (exact) mass is 289 g/mol. The van der Waals surface area contributed by atoms with Gasteiger partial charge in [0.2, 0.25) is 0 Å². The summed E-state index contributed by atoms with van der Waals surface area (Å²) in [5, 5.41) is 0. The van der Waals surface area contributed by atoms with Gasteiger partial charge in [-0.2, -0.15) is 0 Å². The molecule has 0 saturated carbocycles. The van der Waals surface area contributed by atoms with Gasteiger partial charge in [-0.1, -0.05) is 24.3 Å². The molecule has 2 aromatic carbocycles. The molecule has 3 nitrogen and oxygen atoms in total. The van der Waals surface area contributed by atoms with Crippen LogP contribution in [0.1, 0.15) is 31.0 Å². The molecule has 1 unspecified atom stereocenters. The second kappa shape index (κ2) is 7.09. The lowest BCUT2D eigenvalue weighted by atomic mass is 9.99. The molecule has 2 N–H and O–H groups in total. The van der Waals surface area contributed by atoms with Gasteiger partial charge < -0.3 is 15.2 Å². The highest BCUT2D eigenvalue weighted by atomic mass is 19.1. The minimum Gasteiger partial charge on any atom is -0.490 e. The molecule has 0 radical (unpaired) electrons. The fraction of sp³-hybridized carbons (Fsp3) is 0.294. The Kier molecular flexibility index (Phi) is 5.17. The highest BCUT2D eigenvalue weighted by Crippen LogP contribution is 2.32. The highest BCUT2D eigenvalue weighted by Gasteiger charge is 2.15. The summed E-state index contributed by atoms with van der Waals surface area (Å²) in [4.78, 5) is 0. The normalized spacial score (nSPS) is 12.0. The Morgan fingerprint density at radius 3 is 2.33 bits per heavy atom. The first-order valence-electron chi connectivity index (χ1n) is 7.06. The average molecular weight is 289 g/mol. The number of rotatable bonds is 6. The van der Waals surface area contributed by atoms with Gasteiger partial charge in [-0.05, 0) is 37.6 Å². The van der Waals surface area contributed by atoms with Crippen molar-refractivity contribution in [1.82, 2.24) is 0 Å².